The fourth-order valence-corrected chi connectivity index (χ4v) is 0.552. The number of hydrogen-bond acceptors (Lipinski definition) is 3. The van der Waals surface area contributed by atoms with Crippen LogP contribution in [0.1, 0.15) is 0 Å². The van der Waals surface area contributed by atoms with Gasteiger partial charge in [-0.25, -0.2) is 0 Å². The van der Waals surface area contributed by atoms with Gasteiger partial charge in [-0.2, -0.15) is 0 Å². The van der Waals surface area contributed by atoms with E-state index in [0.29, 0.717) is 5.92 Å². The standard InChI is InChI=1S/C4H10N2O/c5-4(7)3-1-6-2-3/h3-4,6-7H,1-2,5H2. The highest BCUT2D eigenvalue weighted by atomic mass is 16.3. The van der Waals surface area contributed by atoms with Crippen LogP contribution in [0.5, 0.6) is 0 Å². The van der Waals surface area contributed by atoms with Gasteiger partial charge in [-0.3, -0.25) is 0 Å². The van der Waals surface area contributed by atoms with Gasteiger partial charge in [0.15, 0.2) is 0 Å². The first-order valence-electron chi connectivity index (χ1n) is 2.45. The first-order valence-corrected chi connectivity index (χ1v) is 2.45. The molecule has 0 spiro atoms. The predicted molar refractivity (Wildman–Crippen MR) is 26.6 cm³/mol. The summed E-state index contributed by atoms with van der Waals surface area (Å²) in [5, 5.41) is 11.6. The van der Waals surface area contributed by atoms with E-state index in [1.165, 1.54) is 0 Å². The summed E-state index contributed by atoms with van der Waals surface area (Å²) < 4.78 is 0. The lowest BCUT2D eigenvalue weighted by Gasteiger charge is -2.28. The Morgan fingerprint density at radius 1 is 1.71 bits per heavy atom. The number of rotatable bonds is 1. The van der Waals surface area contributed by atoms with E-state index in [4.69, 9.17) is 10.8 Å². The Bertz CT molecular complexity index is 60.7. The maximum atomic E-state index is 8.61. The molecule has 1 saturated heterocycles. The minimum absolute atomic E-state index is 0.306. The molecule has 0 aromatic carbocycles. The summed E-state index contributed by atoms with van der Waals surface area (Å²) in [6.07, 6.45) is -0.610. The summed E-state index contributed by atoms with van der Waals surface area (Å²) in [5.41, 5.74) is 5.11. The second-order valence-electron chi connectivity index (χ2n) is 1.91. The van der Waals surface area contributed by atoms with Crippen molar-refractivity contribution < 1.29 is 5.11 Å². The summed E-state index contributed by atoms with van der Waals surface area (Å²) in [6.45, 7) is 1.75. The summed E-state index contributed by atoms with van der Waals surface area (Å²) in [4.78, 5) is 0. The molecule has 0 aromatic rings. The van der Waals surface area contributed by atoms with Gasteiger partial charge in [0.05, 0.1) is 0 Å². The van der Waals surface area contributed by atoms with Crippen molar-refractivity contribution >= 4 is 0 Å². The second kappa shape index (κ2) is 1.78. The van der Waals surface area contributed by atoms with E-state index in [0.717, 1.165) is 13.1 Å². The topological polar surface area (TPSA) is 58.3 Å². The van der Waals surface area contributed by atoms with Crippen molar-refractivity contribution in [3.8, 4) is 0 Å². The van der Waals surface area contributed by atoms with E-state index in [1.807, 2.05) is 0 Å². The lowest BCUT2D eigenvalue weighted by molar-refractivity contribution is 0.0826. The van der Waals surface area contributed by atoms with Crippen LogP contribution in [0, 0.1) is 5.92 Å². The van der Waals surface area contributed by atoms with E-state index in [-0.39, 0.29) is 0 Å². The van der Waals surface area contributed by atoms with Crippen LogP contribution in [0.25, 0.3) is 0 Å². The first-order chi connectivity index (χ1) is 3.30. The average molecular weight is 102 g/mol. The summed E-state index contributed by atoms with van der Waals surface area (Å²) >= 11 is 0. The third kappa shape index (κ3) is 0.907. The molecule has 42 valence electrons. The number of nitrogens with one attached hydrogen (secondary N) is 1. The molecule has 0 aromatic heterocycles. The molecule has 1 atom stereocenters. The highest BCUT2D eigenvalue weighted by Gasteiger charge is 2.21. The molecule has 0 saturated carbocycles. The predicted octanol–water partition coefficient (Wildman–Crippen LogP) is -1.52. The van der Waals surface area contributed by atoms with Gasteiger partial charge in [-0.1, -0.05) is 0 Å². The van der Waals surface area contributed by atoms with Gasteiger partial charge in [0.1, 0.15) is 6.23 Å². The Labute approximate surface area is 42.5 Å². The van der Waals surface area contributed by atoms with Gasteiger partial charge in [0, 0.05) is 19.0 Å². The summed E-state index contributed by atoms with van der Waals surface area (Å²) in [6, 6.07) is 0. The molecule has 0 radical (unpaired) electrons. The van der Waals surface area contributed by atoms with Crippen LogP contribution in [0.15, 0.2) is 0 Å². The molecule has 1 rings (SSSR count). The zero-order chi connectivity index (χ0) is 5.28. The van der Waals surface area contributed by atoms with Crippen molar-refractivity contribution in [1.82, 2.24) is 5.32 Å². The van der Waals surface area contributed by atoms with E-state index in [9.17, 15) is 0 Å². The molecule has 0 bridgehead atoms. The minimum Gasteiger partial charge on any atom is -0.378 e. The molecule has 0 amide bonds. The van der Waals surface area contributed by atoms with Crippen molar-refractivity contribution in [2.45, 2.75) is 6.23 Å². The lowest BCUT2D eigenvalue weighted by Crippen LogP contribution is -2.51. The van der Waals surface area contributed by atoms with Crippen LogP contribution in [0.3, 0.4) is 0 Å². The van der Waals surface area contributed by atoms with E-state index < -0.39 is 6.23 Å². The van der Waals surface area contributed by atoms with Crippen LogP contribution < -0.4 is 11.1 Å². The van der Waals surface area contributed by atoms with E-state index in [1.54, 1.807) is 0 Å². The van der Waals surface area contributed by atoms with Gasteiger partial charge >= 0.3 is 0 Å². The van der Waals surface area contributed by atoms with Crippen LogP contribution in [0.4, 0.5) is 0 Å². The van der Waals surface area contributed by atoms with E-state index in [2.05, 4.69) is 5.32 Å². The highest BCUT2D eigenvalue weighted by Crippen LogP contribution is 2.02. The molecule has 1 aliphatic heterocycles. The Balaban J connectivity index is 2.14. The van der Waals surface area contributed by atoms with Gasteiger partial charge < -0.3 is 16.2 Å². The lowest BCUT2D eigenvalue weighted by atomic mass is 10.0. The molecule has 1 unspecified atom stereocenters. The Kier molecular flexibility index (Phi) is 1.27. The Morgan fingerprint density at radius 3 is 2.29 bits per heavy atom. The molecule has 4 N–H and O–H groups in total. The van der Waals surface area contributed by atoms with Crippen molar-refractivity contribution in [2.75, 3.05) is 13.1 Å². The van der Waals surface area contributed by atoms with E-state index >= 15 is 0 Å². The zero-order valence-corrected chi connectivity index (χ0v) is 4.09. The van der Waals surface area contributed by atoms with Gasteiger partial charge in [-0.15, -0.1) is 0 Å². The largest absolute Gasteiger partial charge is 0.378 e. The number of aliphatic hydroxyl groups is 1. The zero-order valence-electron chi connectivity index (χ0n) is 4.09. The molecule has 0 aliphatic carbocycles. The van der Waals surface area contributed by atoms with Crippen LogP contribution >= 0.6 is 0 Å². The van der Waals surface area contributed by atoms with Crippen LogP contribution in [-0.4, -0.2) is 24.4 Å². The molecule has 3 nitrogen and oxygen atoms in total. The number of nitrogens with two attached hydrogens (primary N) is 1. The average Bonchev–Trinajstić information content (AvgIpc) is 1.23. The third-order valence-electron chi connectivity index (χ3n) is 1.30. The Hall–Kier alpha value is -0.120. The molecule has 1 aliphatic rings. The molecule has 1 fully saturated rings. The fourth-order valence-electron chi connectivity index (χ4n) is 0.552. The van der Waals surface area contributed by atoms with Gasteiger partial charge in [-0.05, 0) is 0 Å². The Morgan fingerprint density at radius 2 is 2.29 bits per heavy atom. The molecule has 7 heavy (non-hydrogen) atoms. The monoisotopic (exact) mass is 102 g/mol. The normalized spacial score (nSPS) is 26.6. The first kappa shape index (κ1) is 5.03. The van der Waals surface area contributed by atoms with Gasteiger partial charge in [0.25, 0.3) is 0 Å². The van der Waals surface area contributed by atoms with Crippen molar-refractivity contribution in [3.63, 3.8) is 0 Å². The minimum atomic E-state index is -0.610. The molecule has 1 heterocycles. The number of hydrogen-bond donors (Lipinski definition) is 3. The fraction of sp³-hybridized carbons (Fsp3) is 1.00. The third-order valence-corrected chi connectivity index (χ3v) is 1.30. The summed E-state index contributed by atoms with van der Waals surface area (Å²) in [5.74, 6) is 0.306. The highest BCUT2D eigenvalue weighted by molar-refractivity contribution is 4.77. The van der Waals surface area contributed by atoms with Gasteiger partial charge in [0.2, 0.25) is 0 Å². The molecular formula is C4H10N2O. The quantitative estimate of drug-likeness (QED) is 0.352. The molecular weight excluding hydrogens is 92.1 g/mol. The summed E-state index contributed by atoms with van der Waals surface area (Å²) in [7, 11) is 0. The van der Waals surface area contributed by atoms with Crippen LogP contribution in [-0.2, 0) is 0 Å². The second-order valence-corrected chi connectivity index (χ2v) is 1.91. The van der Waals surface area contributed by atoms with Crippen molar-refractivity contribution in [1.29, 1.82) is 0 Å². The maximum Gasteiger partial charge on any atom is 0.107 e. The number of aliphatic hydroxyl groups excluding tert-OH is 1. The smallest absolute Gasteiger partial charge is 0.107 e. The van der Waals surface area contributed by atoms with Crippen molar-refractivity contribution in [2.24, 2.45) is 11.7 Å². The molecule has 3 heteroatoms. The SMILES string of the molecule is NC(O)C1CNC1. The van der Waals surface area contributed by atoms with Crippen LogP contribution in [0.2, 0.25) is 0 Å². The van der Waals surface area contributed by atoms with Crippen molar-refractivity contribution in [3.05, 3.63) is 0 Å². The maximum absolute atomic E-state index is 8.61.